The summed E-state index contributed by atoms with van der Waals surface area (Å²) in [7, 11) is 4.44. The van der Waals surface area contributed by atoms with Crippen molar-refractivity contribution in [3.8, 4) is 0 Å². The van der Waals surface area contributed by atoms with Gasteiger partial charge in [-0.2, -0.15) is 0 Å². The van der Waals surface area contributed by atoms with Gasteiger partial charge in [-0.15, -0.1) is 0 Å². The molecule has 1 unspecified atom stereocenters. The fourth-order valence-corrected chi connectivity index (χ4v) is 3.65. The highest BCUT2D eigenvalue weighted by Crippen LogP contribution is 2.37. The molecule has 0 aliphatic heterocycles. The minimum absolute atomic E-state index is 0.272. The van der Waals surface area contributed by atoms with E-state index in [9.17, 15) is 0 Å². The number of nitrogens with zero attached hydrogens (tertiary/aromatic N) is 2. The molecule has 2 rings (SSSR count). The zero-order valence-electron chi connectivity index (χ0n) is 13.0. The number of hydrogen-bond donors (Lipinski definition) is 2. The van der Waals surface area contributed by atoms with Crippen LogP contribution in [0.25, 0.3) is 0 Å². The predicted octanol–water partition coefficient (Wildman–Crippen LogP) is 2.06. The summed E-state index contributed by atoms with van der Waals surface area (Å²) in [6.45, 7) is 3.19. The van der Waals surface area contributed by atoms with Crippen LogP contribution in [0.5, 0.6) is 0 Å². The molecular formula is C16H28N4. The van der Waals surface area contributed by atoms with E-state index in [0.29, 0.717) is 11.9 Å². The van der Waals surface area contributed by atoms with Gasteiger partial charge in [0.25, 0.3) is 0 Å². The number of nitrogens with one attached hydrogen (secondary N) is 1. The molecule has 3 N–H and O–H groups in total. The van der Waals surface area contributed by atoms with Crippen LogP contribution in [-0.4, -0.2) is 42.1 Å². The van der Waals surface area contributed by atoms with E-state index in [1.54, 1.807) is 0 Å². The molecule has 0 amide bonds. The maximum Gasteiger partial charge on any atom is 0.123 e. The molecule has 0 spiro atoms. The van der Waals surface area contributed by atoms with Crippen molar-refractivity contribution < 1.29 is 0 Å². The Hall–Kier alpha value is -1.13. The first kappa shape index (κ1) is 15.3. The van der Waals surface area contributed by atoms with Crippen LogP contribution in [-0.2, 0) is 6.42 Å². The predicted molar refractivity (Wildman–Crippen MR) is 84.7 cm³/mol. The molecule has 0 radical (unpaired) electrons. The molecule has 1 aromatic rings. The normalized spacial score (nSPS) is 19.4. The number of rotatable bonds is 6. The summed E-state index contributed by atoms with van der Waals surface area (Å²) < 4.78 is 0. The Morgan fingerprint density at radius 2 is 2.10 bits per heavy atom. The summed E-state index contributed by atoms with van der Waals surface area (Å²) >= 11 is 0. The van der Waals surface area contributed by atoms with Gasteiger partial charge in [-0.25, -0.2) is 4.98 Å². The topological polar surface area (TPSA) is 54.2 Å². The van der Waals surface area contributed by atoms with Crippen molar-refractivity contribution >= 4 is 5.82 Å². The van der Waals surface area contributed by atoms with E-state index >= 15 is 0 Å². The highest BCUT2D eigenvalue weighted by Gasteiger charge is 2.42. The molecule has 0 saturated heterocycles. The molecular weight excluding hydrogens is 248 g/mol. The van der Waals surface area contributed by atoms with Crippen LogP contribution in [0.3, 0.4) is 0 Å². The maximum absolute atomic E-state index is 5.81. The third-order valence-corrected chi connectivity index (χ3v) is 4.74. The summed E-state index contributed by atoms with van der Waals surface area (Å²) in [4.78, 5) is 6.52. The Labute approximate surface area is 122 Å². The molecule has 1 aliphatic rings. The summed E-state index contributed by atoms with van der Waals surface area (Å²) in [6, 6.07) is 4.55. The van der Waals surface area contributed by atoms with Gasteiger partial charge in [0.2, 0.25) is 0 Å². The van der Waals surface area contributed by atoms with E-state index in [-0.39, 0.29) is 5.54 Å². The second kappa shape index (κ2) is 6.55. The fraction of sp³-hybridized carbons (Fsp3) is 0.688. The van der Waals surface area contributed by atoms with Gasteiger partial charge in [-0.05, 0) is 57.6 Å². The van der Waals surface area contributed by atoms with Crippen LogP contribution in [0.1, 0.15) is 38.2 Å². The molecule has 0 bridgehead atoms. The summed E-state index contributed by atoms with van der Waals surface area (Å²) in [5.74, 6) is 0.614. The van der Waals surface area contributed by atoms with Crippen molar-refractivity contribution in [2.75, 3.05) is 26.4 Å². The molecule has 1 aliphatic carbocycles. The average Bonchev–Trinajstić information content (AvgIpc) is 2.89. The average molecular weight is 276 g/mol. The first-order valence-corrected chi connectivity index (χ1v) is 7.69. The molecule has 112 valence electrons. The van der Waals surface area contributed by atoms with Crippen LogP contribution in [0, 0.1) is 0 Å². The molecule has 0 aromatic carbocycles. The minimum Gasteiger partial charge on any atom is -0.384 e. The quantitative estimate of drug-likeness (QED) is 0.835. The molecule has 1 atom stereocenters. The van der Waals surface area contributed by atoms with Crippen LogP contribution < -0.4 is 11.1 Å². The molecule has 20 heavy (non-hydrogen) atoms. The van der Waals surface area contributed by atoms with Gasteiger partial charge in [-0.1, -0.05) is 19.8 Å². The summed E-state index contributed by atoms with van der Waals surface area (Å²) in [6.07, 6.45) is 8.04. The Kier molecular flexibility index (Phi) is 5.00. The van der Waals surface area contributed by atoms with Gasteiger partial charge in [0.05, 0.1) is 0 Å². The monoisotopic (exact) mass is 276 g/mol. The van der Waals surface area contributed by atoms with Crippen LogP contribution in [0.15, 0.2) is 18.3 Å². The Balaban J connectivity index is 2.21. The second-order valence-electron chi connectivity index (χ2n) is 6.11. The van der Waals surface area contributed by atoms with E-state index in [4.69, 9.17) is 5.73 Å². The second-order valence-corrected chi connectivity index (χ2v) is 6.11. The Morgan fingerprint density at radius 3 is 2.65 bits per heavy atom. The van der Waals surface area contributed by atoms with Crippen molar-refractivity contribution in [2.24, 2.45) is 0 Å². The van der Waals surface area contributed by atoms with Gasteiger partial charge in [-0.3, -0.25) is 0 Å². The van der Waals surface area contributed by atoms with Gasteiger partial charge < -0.3 is 16.0 Å². The first-order chi connectivity index (χ1) is 9.58. The van der Waals surface area contributed by atoms with Crippen molar-refractivity contribution in [3.63, 3.8) is 0 Å². The highest BCUT2D eigenvalue weighted by molar-refractivity contribution is 5.32. The molecule has 4 nitrogen and oxygen atoms in total. The number of nitrogen functional groups attached to an aromatic ring is 1. The van der Waals surface area contributed by atoms with E-state index in [2.05, 4.69) is 42.3 Å². The number of hydrogen-bond acceptors (Lipinski definition) is 4. The lowest BCUT2D eigenvalue weighted by atomic mass is 9.83. The number of aromatic nitrogens is 1. The fourth-order valence-electron chi connectivity index (χ4n) is 3.65. The lowest BCUT2D eigenvalue weighted by molar-refractivity contribution is 0.105. The van der Waals surface area contributed by atoms with Crippen molar-refractivity contribution in [2.45, 2.75) is 50.6 Å². The number of nitrogens with two attached hydrogens (primary N) is 1. The standard InChI is InChI=1S/C16H28N4/c1-4-18-14(11-13-7-10-19-15(17)12-13)16(20(2)3)8-5-6-9-16/h7,10,12,14,18H,4-6,8-9,11H2,1-3H3,(H2,17,19). The van der Waals surface area contributed by atoms with Gasteiger partial charge in [0.1, 0.15) is 5.82 Å². The van der Waals surface area contributed by atoms with Crippen molar-refractivity contribution in [3.05, 3.63) is 23.9 Å². The third-order valence-electron chi connectivity index (χ3n) is 4.74. The van der Waals surface area contributed by atoms with Crippen LogP contribution in [0.2, 0.25) is 0 Å². The van der Waals surface area contributed by atoms with E-state index in [1.165, 1.54) is 31.2 Å². The first-order valence-electron chi connectivity index (χ1n) is 7.69. The molecule has 4 heteroatoms. The molecule has 1 heterocycles. The molecule has 1 fully saturated rings. The SMILES string of the molecule is CCNC(Cc1ccnc(N)c1)C1(N(C)C)CCCC1. The highest BCUT2D eigenvalue weighted by atomic mass is 15.2. The Bertz CT molecular complexity index is 424. The number of anilines is 1. The Morgan fingerprint density at radius 1 is 1.40 bits per heavy atom. The minimum atomic E-state index is 0.272. The van der Waals surface area contributed by atoms with Gasteiger partial charge in [0, 0.05) is 17.8 Å². The number of likely N-dealkylation sites (N-methyl/N-ethyl adjacent to an activating group) is 2. The van der Waals surface area contributed by atoms with Crippen molar-refractivity contribution in [1.82, 2.24) is 15.2 Å². The zero-order chi connectivity index (χ0) is 14.6. The molecule has 1 aromatic heterocycles. The maximum atomic E-state index is 5.81. The summed E-state index contributed by atoms with van der Waals surface area (Å²) in [5, 5.41) is 3.71. The summed E-state index contributed by atoms with van der Waals surface area (Å²) in [5.41, 5.74) is 7.36. The van der Waals surface area contributed by atoms with Crippen molar-refractivity contribution in [1.29, 1.82) is 0 Å². The van der Waals surface area contributed by atoms with Gasteiger partial charge >= 0.3 is 0 Å². The third kappa shape index (κ3) is 3.13. The van der Waals surface area contributed by atoms with Gasteiger partial charge in [0.15, 0.2) is 0 Å². The number of pyridine rings is 1. The van der Waals surface area contributed by atoms with E-state index < -0.39 is 0 Å². The molecule has 1 saturated carbocycles. The van der Waals surface area contributed by atoms with E-state index in [0.717, 1.165) is 13.0 Å². The van der Waals surface area contributed by atoms with Crippen LogP contribution in [0.4, 0.5) is 5.82 Å². The smallest absolute Gasteiger partial charge is 0.123 e. The lowest BCUT2D eigenvalue weighted by Crippen LogP contribution is -2.58. The zero-order valence-corrected chi connectivity index (χ0v) is 13.0. The largest absolute Gasteiger partial charge is 0.384 e. The van der Waals surface area contributed by atoms with E-state index in [1.807, 2.05) is 12.3 Å². The van der Waals surface area contributed by atoms with Crippen LogP contribution >= 0.6 is 0 Å². The lowest BCUT2D eigenvalue weighted by Gasteiger charge is -2.44.